The van der Waals surface area contributed by atoms with E-state index in [1.807, 2.05) is 0 Å². The van der Waals surface area contributed by atoms with E-state index < -0.39 is 17.6 Å². The normalized spacial score (nSPS) is 11.9. The molecule has 10 heteroatoms. The Morgan fingerprint density at radius 3 is 2.61 bits per heavy atom. The molecular weight excluding hydrogens is 337 g/mol. The fraction of sp³-hybridized carbons (Fsp3) is 0.308. The van der Waals surface area contributed by atoms with Crippen LogP contribution in [0.25, 0.3) is 0 Å². The van der Waals surface area contributed by atoms with Gasteiger partial charge in [-0.05, 0) is 0 Å². The minimum Gasteiger partial charge on any atom is -0.271 e. The fourth-order valence-electron chi connectivity index (χ4n) is 2.09. The Kier molecular flexibility index (Phi) is 5.22. The number of nitro benzene ring substituents is 1. The molecule has 0 saturated heterocycles. The van der Waals surface area contributed by atoms with Gasteiger partial charge in [0, 0.05) is 24.4 Å². The summed E-state index contributed by atoms with van der Waals surface area (Å²) in [5.41, 5.74) is -0.0295. The maximum atomic E-state index is 12.7. The molecule has 23 heavy (non-hydrogen) atoms. The third kappa shape index (κ3) is 5.22. The summed E-state index contributed by atoms with van der Waals surface area (Å²) in [6, 6.07) is 5.69. The van der Waals surface area contributed by atoms with Crippen LogP contribution in [0.15, 0.2) is 36.7 Å². The van der Waals surface area contributed by atoms with Crippen molar-refractivity contribution in [2.24, 2.45) is 0 Å². The lowest BCUT2D eigenvalue weighted by atomic mass is 10.1. The predicted molar refractivity (Wildman–Crippen MR) is 76.8 cm³/mol. The number of nitro groups is 1. The largest absolute Gasteiger partial charge is 0.401 e. The third-order valence-electron chi connectivity index (χ3n) is 2.93. The van der Waals surface area contributed by atoms with Crippen molar-refractivity contribution >= 4 is 17.3 Å². The summed E-state index contributed by atoms with van der Waals surface area (Å²) in [6.45, 7) is -1.66. The first-order chi connectivity index (χ1) is 10.7. The molecule has 0 aliphatic rings. The molecule has 2 aromatic rings. The molecule has 0 aliphatic carbocycles. The van der Waals surface area contributed by atoms with Gasteiger partial charge in [0.2, 0.25) is 0 Å². The summed E-state index contributed by atoms with van der Waals surface area (Å²) >= 11 is 5.69. The standard InChI is InChI=1S/C13H12ClF3N4O2/c14-11-5-18-20(7-11)9-19(8-13(15,16)17)6-10-3-1-2-4-12(10)21(22)23/h1-5,7H,6,8-9H2. The van der Waals surface area contributed by atoms with E-state index >= 15 is 0 Å². The van der Waals surface area contributed by atoms with Crippen molar-refractivity contribution < 1.29 is 18.1 Å². The van der Waals surface area contributed by atoms with Crippen LogP contribution in [0.1, 0.15) is 5.56 Å². The first kappa shape index (κ1) is 17.2. The Hall–Kier alpha value is -2.13. The van der Waals surface area contributed by atoms with Crippen molar-refractivity contribution in [2.45, 2.75) is 19.4 Å². The SMILES string of the molecule is O=[N+]([O-])c1ccccc1CN(Cn1cc(Cl)cn1)CC(F)(F)F. The Labute approximate surface area is 134 Å². The van der Waals surface area contributed by atoms with E-state index in [-0.39, 0.29) is 24.5 Å². The van der Waals surface area contributed by atoms with Gasteiger partial charge in [-0.1, -0.05) is 29.8 Å². The Balaban J connectivity index is 2.22. The van der Waals surface area contributed by atoms with Gasteiger partial charge in [-0.2, -0.15) is 18.3 Å². The van der Waals surface area contributed by atoms with Crippen LogP contribution in [0.2, 0.25) is 5.02 Å². The second-order valence-electron chi connectivity index (χ2n) is 4.83. The van der Waals surface area contributed by atoms with Crippen LogP contribution in [0.4, 0.5) is 18.9 Å². The van der Waals surface area contributed by atoms with Crippen LogP contribution >= 0.6 is 11.6 Å². The van der Waals surface area contributed by atoms with Crippen molar-refractivity contribution in [3.63, 3.8) is 0 Å². The molecule has 0 unspecified atom stereocenters. The number of benzene rings is 1. The zero-order chi connectivity index (χ0) is 17.0. The molecule has 0 spiro atoms. The highest BCUT2D eigenvalue weighted by atomic mass is 35.5. The monoisotopic (exact) mass is 348 g/mol. The fourth-order valence-corrected chi connectivity index (χ4v) is 2.25. The quantitative estimate of drug-likeness (QED) is 0.592. The molecule has 0 atom stereocenters. The Morgan fingerprint density at radius 2 is 2.04 bits per heavy atom. The number of hydrogen-bond donors (Lipinski definition) is 0. The maximum Gasteiger partial charge on any atom is 0.401 e. The second kappa shape index (κ2) is 6.97. The molecule has 0 fully saturated rings. The Morgan fingerprint density at radius 1 is 1.35 bits per heavy atom. The van der Waals surface area contributed by atoms with Gasteiger partial charge in [0.1, 0.15) is 0 Å². The van der Waals surface area contributed by atoms with Crippen LogP contribution in [0.5, 0.6) is 0 Å². The second-order valence-corrected chi connectivity index (χ2v) is 5.26. The molecule has 0 saturated carbocycles. The lowest BCUT2D eigenvalue weighted by molar-refractivity contribution is -0.385. The van der Waals surface area contributed by atoms with Crippen LogP contribution in [0.3, 0.4) is 0 Å². The predicted octanol–water partition coefficient (Wildman–Crippen LogP) is 3.47. The van der Waals surface area contributed by atoms with Gasteiger partial charge in [-0.25, -0.2) is 0 Å². The van der Waals surface area contributed by atoms with Crippen molar-refractivity contribution in [3.05, 3.63) is 57.4 Å². The lowest BCUT2D eigenvalue weighted by Crippen LogP contribution is -2.35. The van der Waals surface area contributed by atoms with Gasteiger partial charge in [-0.15, -0.1) is 0 Å². The van der Waals surface area contributed by atoms with Gasteiger partial charge in [0.05, 0.1) is 29.4 Å². The number of aromatic nitrogens is 2. The molecule has 0 aliphatic heterocycles. The summed E-state index contributed by atoms with van der Waals surface area (Å²) in [7, 11) is 0. The summed E-state index contributed by atoms with van der Waals surface area (Å²) in [4.78, 5) is 11.4. The van der Waals surface area contributed by atoms with Crippen LogP contribution in [-0.2, 0) is 13.2 Å². The molecule has 124 valence electrons. The summed E-state index contributed by atoms with van der Waals surface area (Å²) in [5, 5.41) is 15.1. The number of hydrogen-bond acceptors (Lipinski definition) is 4. The van der Waals surface area contributed by atoms with Crippen LogP contribution < -0.4 is 0 Å². The minimum atomic E-state index is -4.44. The molecule has 1 aromatic heterocycles. The molecular formula is C13H12ClF3N4O2. The van der Waals surface area contributed by atoms with Crippen LogP contribution in [0, 0.1) is 10.1 Å². The van der Waals surface area contributed by atoms with Gasteiger partial charge in [0.25, 0.3) is 5.69 Å². The average molecular weight is 349 g/mol. The van der Waals surface area contributed by atoms with E-state index in [0.29, 0.717) is 5.02 Å². The van der Waals surface area contributed by atoms with Gasteiger partial charge in [0.15, 0.2) is 0 Å². The average Bonchev–Trinajstić information content (AvgIpc) is 2.82. The first-order valence-electron chi connectivity index (χ1n) is 6.44. The molecule has 0 N–H and O–H groups in total. The first-order valence-corrected chi connectivity index (χ1v) is 6.82. The summed E-state index contributed by atoms with van der Waals surface area (Å²) < 4.78 is 39.5. The van der Waals surface area contributed by atoms with Crippen molar-refractivity contribution in [1.29, 1.82) is 0 Å². The highest BCUT2D eigenvalue weighted by molar-refractivity contribution is 6.30. The number of para-hydroxylation sites is 1. The van der Waals surface area contributed by atoms with Crippen molar-refractivity contribution in [3.8, 4) is 0 Å². The molecule has 1 heterocycles. The topological polar surface area (TPSA) is 64.2 Å². The molecule has 0 radical (unpaired) electrons. The van der Waals surface area contributed by atoms with E-state index in [9.17, 15) is 23.3 Å². The van der Waals surface area contributed by atoms with Gasteiger partial charge < -0.3 is 0 Å². The molecule has 1 aromatic carbocycles. The zero-order valence-electron chi connectivity index (χ0n) is 11.7. The van der Waals surface area contributed by atoms with Crippen molar-refractivity contribution in [1.82, 2.24) is 14.7 Å². The van der Waals surface area contributed by atoms with E-state index in [4.69, 9.17) is 11.6 Å². The van der Waals surface area contributed by atoms with Gasteiger partial charge in [-0.3, -0.25) is 19.7 Å². The lowest BCUT2D eigenvalue weighted by Gasteiger charge is -2.23. The smallest absolute Gasteiger partial charge is 0.271 e. The van der Waals surface area contributed by atoms with E-state index in [1.54, 1.807) is 6.07 Å². The van der Waals surface area contributed by atoms with E-state index in [2.05, 4.69) is 5.10 Å². The zero-order valence-corrected chi connectivity index (χ0v) is 12.5. The minimum absolute atomic E-state index is 0.194. The van der Waals surface area contributed by atoms with E-state index in [1.165, 1.54) is 35.3 Å². The van der Waals surface area contributed by atoms with Crippen molar-refractivity contribution in [2.75, 3.05) is 6.54 Å². The highest BCUT2D eigenvalue weighted by Gasteiger charge is 2.31. The summed E-state index contributed by atoms with van der Waals surface area (Å²) in [5.74, 6) is 0. The molecule has 6 nitrogen and oxygen atoms in total. The van der Waals surface area contributed by atoms with Gasteiger partial charge >= 0.3 is 6.18 Å². The number of alkyl halides is 3. The number of halogens is 4. The molecule has 2 rings (SSSR count). The van der Waals surface area contributed by atoms with E-state index in [0.717, 1.165) is 4.90 Å². The molecule has 0 amide bonds. The Bertz CT molecular complexity index is 690. The van der Waals surface area contributed by atoms with Crippen LogP contribution in [-0.4, -0.2) is 32.3 Å². The number of nitrogens with zero attached hydrogens (tertiary/aromatic N) is 4. The highest BCUT2D eigenvalue weighted by Crippen LogP contribution is 2.23. The molecule has 0 bridgehead atoms. The number of rotatable bonds is 6. The third-order valence-corrected chi connectivity index (χ3v) is 3.13. The maximum absolute atomic E-state index is 12.7. The summed E-state index contributed by atoms with van der Waals surface area (Å²) in [6.07, 6.45) is -1.76.